The minimum atomic E-state index is -0.681. The summed E-state index contributed by atoms with van der Waals surface area (Å²) in [6, 6.07) is 6.87. The molecular weight excluding hydrogens is 255 g/mol. The first-order valence-electron chi connectivity index (χ1n) is 3.61. The maximum Gasteiger partial charge on any atom is 0.191 e. The highest BCUT2D eigenvalue weighted by Crippen LogP contribution is 2.18. The van der Waals surface area contributed by atoms with Crippen LogP contribution >= 0.6 is 27.5 Å². The summed E-state index contributed by atoms with van der Waals surface area (Å²) in [7, 11) is 1.55. The van der Waals surface area contributed by atoms with E-state index in [1.807, 2.05) is 0 Å². The second kappa shape index (κ2) is 4.63. The third-order valence-electron chi connectivity index (χ3n) is 1.55. The number of carbonyl (C=O) groups excluding carboxylic acids is 1. The molecule has 1 unspecified atom stereocenters. The summed E-state index contributed by atoms with van der Waals surface area (Å²) in [6.07, 6.45) is 0. The molecule has 0 N–H and O–H groups in total. The van der Waals surface area contributed by atoms with Gasteiger partial charge >= 0.3 is 0 Å². The Labute approximate surface area is 90.0 Å². The molecule has 0 fully saturated rings. The molecule has 0 aliphatic rings. The smallest absolute Gasteiger partial charge is 0.191 e. The van der Waals surface area contributed by atoms with Crippen molar-refractivity contribution in [2.75, 3.05) is 7.11 Å². The van der Waals surface area contributed by atoms with E-state index in [9.17, 15) is 4.79 Å². The molecule has 70 valence electrons. The number of benzene rings is 1. The molecule has 1 atom stereocenters. The van der Waals surface area contributed by atoms with Gasteiger partial charge in [-0.3, -0.25) is 4.79 Å². The van der Waals surface area contributed by atoms with E-state index in [4.69, 9.17) is 16.3 Å². The molecule has 0 bridgehead atoms. The number of Topliss-reactive ketones (excluding diaryl/α,β-unsaturated/α-hetero) is 1. The normalized spacial score (nSPS) is 12.2. The second-order valence-corrected chi connectivity index (χ2v) is 4.28. The van der Waals surface area contributed by atoms with E-state index in [2.05, 4.69) is 15.9 Å². The highest BCUT2D eigenvalue weighted by Gasteiger charge is 2.13. The molecule has 2 nitrogen and oxygen atoms in total. The summed E-state index contributed by atoms with van der Waals surface area (Å²) in [6.45, 7) is 0. The number of carbonyl (C=O) groups is 1. The number of hydrogen-bond acceptors (Lipinski definition) is 2. The predicted octanol–water partition coefficient (Wildman–Crippen LogP) is 2.84. The quantitative estimate of drug-likeness (QED) is 0.619. The topological polar surface area (TPSA) is 26.3 Å². The van der Waals surface area contributed by atoms with Crippen LogP contribution in [0.4, 0.5) is 0 Å². The van der Waals surface area contributed by atoms with Crippen LogP contribution in [0.3, 0.4) is 0 Å². The standard InChI is InChI=1S/C9H8BrClO2/c1-13-7-4-2-3-6(5-7)8(12)9(10)11/h2-5,9H,1H3. The van der Waals surface area contributed by atoms with Gasteiger partial charge in [0.05, 0.1) is 7.11 Å². The van der Waals surface area contributed by atoms with E-state index in [-0.39, 0.29) is 5.78 Å². The first kappa shape index (κ1) is 10.5. The monoisotopic (exact) mass is 262 g/mol. The fourth-order valence-electron chi connectivity index (χ4n) is 0.902. The number of rotatable bonds is 3. The SMILES string of the molecule is COc1cccc(C(=O)C(Cl)Br)c1. The lowest BCUT2D eigenvalue weighted by molar-refractivity contribution is 0.101. The molecule has 0 aliphatic heterocycles. The zero-order valence-electron chi connectivity index (χ0n) is 6.96. The predicted molar refractivity (Wildman–Crippen MR) is 55.9 cm³/mol. The first-order chi connectivity index (χ1) is 6.15. The molecular formula is C9H8BrClO2. The Balaban J connectivity index is 2.95. The molecule has 0 saturated heterocycles. The Morgan fingerprint density at radius 3 is 2.85 bits per heavy atom. The molecule has 0 aromatic heterocycles. The minimum Gasteiger partial charge on any atom is -0.497 e. The summed E-state index contributed by atoms with van der Waals surface area (Å²) in [5, 5.41) is 0. The van der Waals surface area contributed by atoms with Crippen molar-refractivity contribution >= 4 is 33.3 Å². The maximum absolute atomic E-state index is 11.4. The Bertz CT molecular complexity index is 312. The van der Waals surface area contributed by atoms with Gasteiger partial charge in [0.2, 0.25) is 0 Å². The Morgan fingerprint density at radius 2 is 2.31 bits per heavy atom. The Hall–Kier alpha value is -0.540. The molecule has 1 rings (SSSR count). The van der Waals surface area contributed by atoms with Gasteiger partial charge in [0.15, 0.2) is 10.1 Å². The summed E-state index contributed by atoms with van der Waals surface area (Å²) in [5.74, 6) is 0.483. The zero-order valence-corrected chi connectivity index (χ0v) is 9.30. The summed E-state index contributed by atoms with van der Waals surface area (Å²) >= 11 is 8.58. The molecule has 4 heteroatoms. The van der Waals surface area contributed by atoms with Crippen LogP contribution in [-0.2, 0) is 0 Å². The summed E-state index contributed by atoms with van der Waals surface area (Å²) < 4.78 is 4.29. The molecule has 13 heavy (non-hydrogen) atoms. The van der Waals surface area contributed by atoms with Gasteiger partial charge in [-0.05, 0) is 12.1 Å². The van der Waals surface area contributed by atoms with E-state index in [0.717, 1.165) is 0 Å². The molecule has 0 aliphatic carbocycles. The van der Waals surface area contributed by atoms with Crippen molar-refractivity contribution in [3.05, 3.63) is 29.8 Å². The van der Waals surface area contributed by atoms with Gasteiger partial charge in [-0.15, -0.1) is 11.6 Å². The van der Waals surface area contributed by atoms with Gasteiger partial charge in [0, 0.05) is 5.56 Å². The van der Waals surface area contributed by atoms with Crippen LogP contribution < -0.4 is 4.74 Å². The maximum atomic E-state index is 11.4. The second-order valence-electron chi connectivity index (χ2n) is 2.40. The van der Waals surface area contributed by atoms with Gasteiger partial charge in [0.1, 0.15) is 5.75 Å². The van der Waals surface area contributed by atoms with E-state index < -0.39 is 4.29 Å². The number of ether oxygens (including phenoxy) is 1. The molecule has 0 saturated carbocycles. The average Bonchev–Trinajstić information content (AvgIpc) is 2.16. The Morgan fingerprint density at radius 1 is 1.62 bits per heavy atom. The van der Waals surface area contributed by atoms with Crippen LogP contribution in [-0.4, -0.2) is 17.2 Å². The van der Waals surface area contributed by atoms with E-state index in [0.29, 0.717) is 11.3 Å². The van der Waals surface area contributed by atoms with Crippen molar-refractivity contribution in [2.24, 2.45) is 0 Å². The highest BCUT2D eigenvalue weighted by atomic mass is 79.9. The molecule has 0 radical (unpaired) electrons. The molecule has 1 aromatic carbocycles. The number of alkyl halides is 2. The van der Waals surface area contributed by atoms with Crippen LogP contribution in [0.2, 0.25) is 0 Å². The van der Waals surface area contributed by atoms with Crippen molar-refractivity contribution in [2.45, 2.75) is 4.29 Å². The molecule has 1 aromatic rings. The lowest BCUT2D eigenvalue weighted by atomic mass is 10.1. The van der Waals surface area contributed by atoms with Gasteiger partial charge in [0.25, 0.3) is 0 Å². The van der Waals surface area contributed by atoms with Gasteiger partial charge in [-0.1, -0.05) is 28.1 Å². The third-order valence-corrected chi connectivity index (χ3v) is 2.17. The van der Waals surface area contributed by atoms with Gasteiger partial charge < -0.3 is 4.74 Å². The zero-order chi connectivity index (χ0) is 9.84. The number of ketones is 1. The molecule has 0 heterocycles. The van der Waals surface area contributed by atoms with E-state index in [1.54, 1.807) is 31.4 Å². The van der Waals surface area contributed by atoms with Crippen LogP contribution in [0.15, 0.2) is 24.3 Å². The van der Waals surface area contributed by atoms with Crippen LogP contribution in [0.25, 0.3) is 0 Å². The highest BCUT2D eigenvalue weighted by molar-refractivity contribution is 9.10. The summed E-state index contributed by atoms with van der Waals surface area (Å²) in [5.41, 5.74) is 0.538. The fraction of sp³-hybridized carbons (Fsp3) is 0.222. The third kappa shape index (κ3) is 2.71. The van der Waals surface area contributed by atoms with Crippen LogP contribution in [0.1, 0.15) is 10.4 Å². The van der Waals surface area contributed by atoms with Crippen LogP contribution in [0, 0.1) is 0 Å². The molecule has 0 amide bonds. The number of hydrogen-bond donors (Lipinski definition) is 0. The van der Waals surface area contributed by atoms with Crippen molar-refractivity contribution < 1.29 is 9.53 Å². The number of halogens is 2. The number of methoxy groups -OCH3 is 1. The lowest BCUT2D eigenvalue weighted by Gasteiger charge is -2.03. The summed E-state index contributed by atoms with van der Waals surface area (Å²) in [4.78, 5) is 11.4. The van der Waals surface area contributed by atoms with Gasteiger partial charge in [-0.25, -0.2) is 0 Å². The van der Waals surface area contributed by atoms with Crippen molar-refractivity contribution in [3.8, 4) is 5.75 Å². The largest absolute Gasteiger partial charge is 0.497 e. The van der Waals surface area contributed by atoms with E-state index >= 15 is 0 Å². The first-order valence-corrected chi connectivity index (χ1v) is 4.97. The lowest BCUT2D eigenvalue weighted by Crippen LogP contribution is -2.07. The molecule has 0 spiro atoms. The van der Waals surface area contributed by atoms with Crippen molar-refractivity contribution in [1.82, 2.24) is 0 Å². The Kier molecular flexibility index (Phi) is 3.75. The van der Waals surface area contributed by atoms with Crippen molar-refractivity contribution in [3.63, 3.8) is 0 Å². The van der Waals surface area contributed by atoms with Crippen molar-refractivity contribution in [1.29, 1.82) is 0 Å². The van der Waals surface area contributed by atoms with Crippen LogP contribution in [0.5, 0.6) is 5.75 Å². The minimum absolute atomic E-state index is 0.166. The average molecular weight is 264 g/mol. The van der Waals surface area contributed by atoms with Gasteiger partial charge in [-0.2, -0.15) is 0 Å². The van der Waals surface area contributed by atoms with E-state index in [1.165, 1.54) is 0 Å². The fourth-order valence-corrected chi connectivity index (χ4v) is 1.29.